The summed E-state index contributed by atoms with van der Waals surface area (Å²) in [5, 5.41) is 8.85. The van der Waals surface area contributed by atoms with Gasteiger partial charge < -0.3 is 14.7 Å². The first-order valence-electron chi connectivity index (χ1n) is 5.35. The lowest BCUT2D eigenvalue weighted by Gasteiger charge is -2.28. The van der Waals surface area contributed by atoms with Crippen LogP contribution in [0.15, 0.2) is 0 Å². The molecular formula is C11H23NO3. The Morgan fingerprint density at radius 3 is 2.27 bits per heavy atom. The molecule has 15 heavy (non-hydrogen) atoms. The van der Waals surface area contributed by atoms with Crippen LogP contribution in [0.1, 0.15) is 34.6 Å². The minimum absolute atomic E-state index is 0.0358. The van der Waals surface area contributed by atoms with Gasteiger partial charge in [-0.05, 0) is 26.7 Å². The molecule has 0 radical (unpaired) electrons. The maximum absolute atomic E-state index is 11.7. The summed E-state index contributed by atoms with van der Waals surface area (Å²) in [6.07, 6.45) is -0.356. The number of carbonyl (C=O) groups is 1. The van der Waals surface area contributed by atoms with Gasteiger partial charge in [0.15, 0.2) is 0 Å². The molecule has 0 aliphatic heterocycles. The zero-order valence-corrected chi connectivity index (χ0v) is 10.4. The Kier molecular flexibility index (Phi) is 5.65. The Labute approximate surface area is 92.2 Å². The smallest absolute Gasteiger partial charge is 0.410 e. The van der Waals surface area contributed by atoms with E-state index >= 15 is 0 Å². The molecule has 0 atom stereocenters. The average Bonchev–Trinajstić information content (AvgIpc) is 1.99. The second kappa shape index (κ2) is 5.95. The van der Waals surface area contributed by atoms with Gasteiger partial charge in [0, 0.05) is 13.1 Å². The molecule has 90 valence electrons. The predicted octanol–water partition coefficient (Wildman–Crippen LogP) is 1.87. The number of rotatable bonds is 4. The van der Waals surface area contributed by atoms with Gasteiger partial charge in [0.1, 0.15) is 5.60 Å². The molecule has 0 aliphatic rings. The van der Waals surface area contributed by atoms with Crippen LogP contribution in [0.4, 0.5) is 4.79 Å². The molecule has 1 N–H and O–H groups in total. The van der Waals surface area contributed by atoms with Crippen LogP contribution in [0.5, 0.6) is 0 Å². The Balaban J connectivity index is 4.28. The quantitative estimate of drug-likeness (QED) is 0.782. The van der Waals surface area contributed by atoms with E-state index in [1.54, 1.807) is 0 Å². The summed E-state index contributed by atoms with van der Waals surface area (Å²) in [4.78, 5) is 13.2. The summed E-state index contributed by atoms with van der Waals surface area (Å²) in [5.41, 5.74) is -0.484. The third-order valence-electron chi connectivity index (χ3n) is 1.61. The first kappa shape index (κ1) is 14.2. The maximum atomic E-state index is 11.7. The van der Waals surface area contributed by atoms with E-state index in [1.807, 2.05) is 34.6 Å². The highest BCUT2D eigenvalue weighted by Crippen LogP contribution is 2.10. The van der Waals surface area contributed by atoms with Gasteiger partial charge in [-0.3, -0.25) is 0 Å². The molecule has 0 unspecified atom stereocenters. The lowest BCUT2D eigenvalue weighted by atomic mass is 10.2. The van der Waals surface area contributed by atoms with Crippen LogP contribution < -0.4 is 0 Å². The Morgan fingerprint density at radius 1 is 1.40 bits per heavy atom. The van der Waals surface area contributed by atoms with Gasteiger partial charge in [-0.25, -0.2) is 4.79 Å². The zero-order chi connectivity index (χ0) is 12.1. The molecule has 0 aromatic carbocycles. The van der Waals surface area contributed by atoms with E-state index in [1.165, 1.54) is 4.90 Å². The predicted molar refractivity (Wildman–Crippen MR) is 59.7 cm³/mol. The minimum atomic E-state index is -0.484. The molecule has 4 nitrogen and oxygen atoms in total. The first-order valence-corrected chi connectivity index (χ1v) is 5.35. The molecule has 0 heterocycles. The summed E-state index contributed by atoms with van der Waals surface area (Å²) in [6, 6.07) is 0. The molecule has 0 saturated heterocycles. The number of amides is 1. The van der Waals surface area contributed by atoms with E-state index in [0.29, 0.717) is 19.0 Å². The van der Waals surface area contributed by atoms with Crippen LogP contribution in [0.25, 0.3) is 0 Å². The van der Waals surface area contributed by atoms with Crippen LogP contribution in [-0.2, 0) is 4.74 Å². The van der Waals surface area contributed by atoms with Crippen molar-refractivity contribution >= 4 is 6.09 Å². The van der Waals surface area contributed by atoms with Gasteiger partial charge in [0.05, 0.1) is 6.61 Å². The maximum Gasteiger partial charge on any atom is 0.410 e. The fraction of sp³-hybridized carbons (Fsp3) is 0.909. The second-order valence-electron chi connectivity index (χ2n) is 5.04. The van der Waals surface area contributed by atoms with Crippen molar-refractivity contribution in [3.05, 3.63) is 0 Å². The van der Waals surface area contributed by atoms with Crippen LogP contribution >= 0.6 is 0 Å². The molecule has 1 amide bonds. The van der Waals surface area contributed by atoms with E-state index in [-0.39, 0.29) is 12.7 Å². The lowest BCUT2D eigenvalue weighted by molar-refractivity contribution is 0.0196. The molecule has 4 heteroatoms. The number of aliphatic hydroxyl groups is 1. The van der Waals surface area contributed by atoms with Crippen molar-refractivity contribution in [1.29, 1.82) is 0 Å². The third kappa shape index (κ3) is 7.19. The highest BCUT2D eigenvalue weighted by Gasteiger charge is 2.22. The van der Waals surface area contributed by atoms with Crippen LogP contribution in [-0.4, -0.2) is 41.4 Å². The topological polar surface area (TPSA) is 49.8 Å². The van der Waals surface area contributed by atoms with E-state index in [2.05, 4.69) is 0 Å². The Hall–Kier alpha value is -0.770. The van der Waals surface area contributed by atoms with Gasteiger partial charge in [-0.1, -0.05) is 13.8 Å². The zero-order valence-electron chi connectivity index (χ0n) is 10.4. The lowest BCUT2D eigenvalue weighted by Crippen LogP contribution is -2.40. The largest absolute Gasteiger partial charge is 0.444 e. The van der Waals surface area contributed by atoms with Crippen molar-refractivity contribution < 1.29 is 14.6 Å². The van der Waals surface area contributed by atoms with Crippen molar-refractivity contribution in [2.45, 2.75) is 40.2 Å². The van der Waals surface area contributed by atoms with E-state index in [4.69, 9.17) is 9.84 Å². The van der Waals surface area contributed by atoms with Gasteiger partial charge in [0.2, 0.25) is 0 Å². The monoisotopic (exact) mass is 217 g/mol. The van der Waals surface area contributed by atoms with Crippen molar-refractivity contribution in [2.75, 3.05) is 19.7 Å². The fourth-order valence-electron chi connectivity index (χ4n) is 1.15. The molecule has 0 aromatic rings. The van der Waals surface area contributed by atoms with Crippen LogP contribution in [0.2, 0.25) is 0 Å². The number of hydrogen-bond acceptors (Lipinski definition) is 3. The van der Waals surface area contributed by atoms with E-state index < -0.39 is 5.60 Å². The van der Waals surface area contributed by atoms with E-state index in [9.17, 15) is 4.79 Å². The normalized spacial score (nSPS) is 11.7. The molecule has 0 aliphatic carbocycles. The van der Waals surface area contributed by atoms with Gasteiger partial charge in [0.25, 0.3) is 0 Å². The molecule has 0 rings (SSSR count). The first-order chi connectivity index (χ1) is 6.76. The van der Waals surface area contributed by atoms with Crippen molar-refractivity contribution in [1.82, 2.24) is 4.90 Å². The average molecular weight is 217 g/mol. The molecule has 0 saturated carbocycles. The fourth-order valence-corrected chi connectivity index (χ4v) is 1.15. The summed E-state index contributed by atoms with van der Waals surface area (Å²) in [5.74, 6) is 0.365. The Morgan fingerprint density at radius 2 is 1.93 bits per heavy atom. The second-order valence-corrected chi connectivity index (χ2v) is 5.04. The molecule has 0 aromatic heterocycles. The van der Waals surface area contributed by atoms with Crippen LogP contribution in [0.3, 0.4) is 0 Å². The number of nitrogens with zero attached hydrogens (tertiary/aromatic N) is 1. The van der Waals surface area contributed by atoms with Gasteiger partial charge >= 0.3 is 6.09 Å². The summed E-state index contributed by atoms with van der Waals surface area (Å²) >= 11 is 0. The van der Waals surface area contributed by atoms with Crippen molar-refractivity contribution in [3.8, 4) is 0 Å². The van der Waals surface area contributed by atoms with E-state index in [0.717, 1.165) is 0 Å². The summed E-state index contributed by atoms with van der Waals surface area (Å²) < 4.78 is 5.23. The SMILES string of the molecule is CC(C)CN(CCO)C(=O)OC(C)(C)C. The van der Waals surface area contributed by atoms with Crippen molar-refractivity contribution in [2.24, 2.45) is 5.92 Å². The standard InChI is InChI=1S/C11H23NO3/c1-9(2)8-12(6-7-13)10(14)15-11(3,4)5/h9,13H,6-8H2,1-5H3. The molecule has 0 spiro atoms. The Bertz CT molecular complexity index is 196. The van der Waals surface area contributed by atoms with Crippen molar-refractivity contribution in [3.63, 3.8) is 0 Å². The van der Waals surface area contributed by atoms with Crippen LogP contribution in [0, 0.1) is 5.92 Å². The summed E-state index contributed by atoms with van der Waals surface area (Å²) in [6.45, 7) is 10.4. The third-order valence-corrected chi connectivity index (χ3v) is 1.61. The minimum Gasteiger partial charge on any atom is -0.444 e. The molecular weight excluding hydrogens is 194 g/mol. The molecule has 0 fully saturated rings. The molecule has 0 bridgehead atoms. The number of ether oxygens (including phenoxy) is 1. The number of aliphatic hydroxyl groups excluding tert-OH is 1. The number of hydrogen-bond donors (Lipinski definition) is 1. The number of carbonyl (C=O) groups excluding carboxylic acids is 1. The highest BCUT2D eigenvalue weighted by atomic mass is 16.6. The summed E-state index contributed by atoms with van der Waals surface area (Å²) in [7, 11) is 0. The van der Waals surface area contributed by atoms with Gasteiger partial charge in [-0.2, -0.15) is 0 Å². The van der Waals surface area contributed by atoms with Gasteiger partial charge in [-0.15, -0.1) is 0 Å². The highest BCUT2D eigenvalue weighted by molar-refractivity contribution is 5.68.